The molecule has 0 atom stereocenters. The van der Waals surface area contributed by atoms with Gasteiger partial charge in [0.15, 0.2) is 0 Å². The quantitative estimate of drug-likeness (QED) is 0.455. The number of benzene rings is 2. The van der Waals surface area contributed by atoms with Gasteiger partial charge in [-0.05, 0) is 24.3 Å². The molecule has 0 aliphatic carbocycles. The molecule has 0 spiro atoms. The molecule has 0 heterocycles. The minimum Gasteiger partial charge on any atom is -0.478 e. The zero-order valence-electron chi connectivity index (χ0n) is 17.0. The number of aromatic carboxylic acids is 2. The van der Waals surface area contributed by atoms with Crippen molar-refractivity contribution in [3.05, 3.63) is 71.8 Å². The monoisotopic (exact) mass is 489 g/mol. The smallest absolute Gasteiger partial charge is 0.335 e. The van der Waals surface area contributed by atoms with Crippen LogP contribution in [0.4, 0.5) is 0 Å². The van der Waals surface area contributed by atoms with Crippen LogP contribution in [-0.2, 0) is 32.7 Å². The van der Waals surface area contributed by atoms with Crippen LogP contribution in [0.5, 0.6) is 0 Å². The Kier molecular flexibility index (Phi) is 64.8. The molecule has 0 aromatic heterocycles. The second kappa shape index (κ2) is 40.9. The number of aliphatic hydroxyl groups is 2. The summed E-state index contributed by atoms with van der Waals surface area (Å²) in [6, 6.07) is 16.6. The molecule has 0 amide bonds. The standard InChI is InChI=1S/2C7H6O2.2C2H6.2CH4O.2CH4.Y/c2*8-7(9)6-4-2-1-3-5-6;4*1-2;;;/h2*1-5H,(H,8,9);2*1-2H3;2*2H,1H3;2*1H4;. The molecule has 0 saturated carbocycles. The molecule has 1 radical (unpaired) electrons. The first-order valence-electron chi connectivity index (χ1n) is 8.07. The summed E-state index contributed by atoms with van der Waals surface area (Å²) in [7, 11) is 2.00. The third-order valence-electron chi connectivity index (χ3n) is 2.04. The number of carboxylic acids is 2. The number of aliphatic hydroxyl groups excluding tert-OH is 2. The van der Waals surface area contributed by atoms with Crippen molar-refractivity contribution < 1.29 is 62.7 Å². The Bertz CT molecular complexity index is 470. The molecule has 2 aromatic carbocycles. The van der Waals surface area contributed by atoms with Gasteiger partial charge in [-0.3, -0.25) is 0 Å². The van der Waals surface area contributed by atoms with Crippen molar-refractivity contribution in [1.82, 2.24) is 0 Å². The summed E-state index contributed by atoms with van der Waals surface area (Å²) in [6.07, 6.45) is 0. The summed E-state index contributed by atoms with van der Waals surface area (Å²) in [5, 5.41) is 30.8. The van der Waals surface area contributed by atoms with Gasteiger partial charge in [-0.15, -0.1) is 0 Å². The van der Waals surface area contributed by atoms with E-state index in [0.29, 0.717) is 11.1 Å². The summed E-state index contributed by atoms with van der Waals surface area (Å²) in [4.78, 5) is 20.4. The number of rotatable bonds is 2. The predicted octanol–water partition coefficient (Wildman–Crippen LogP) is 5.31. The summed E-state index contributed by atoms with van der Waals surface area (Å²) < 4.78 is 0. The van der Waals surface area contributed by atoms with Crippen LogP contribution >= 0.6 is 0 Å². The van der Waals surface area contributed by atoms with Gasteiger partial charge in [0.05, 0.1) is 11.1 Å². The molecule has 2 aromatic rings. The van der Waals surface area contributed by atoms with Crippen molar-refractivity contribution in [3.63, 3.8) is 0 Å². The van der Waals surface area contributed by atoms with Crippen molar-refractivity contribution in [2.24, 2.45) is 0 Å². The van der Waals surface area contributed by atoms with Gasteiger partial charge < -0.3 is 20.4 Å². The Morgan fingerprint density at radius 1 is 0.552 bits per heavy atom. The van der Waals surface area contributed by atoms with Crippen molar-refractivity contribution in [2.45, 2.75) is 42.5 Å². The minimum absolute atomic E-state index is 0. The molecule has 0 aliphatic rings. The molecule has 0 fully saturated rings. The summed E-state index contributed by atoms with van der Waals surface area (Å²) in [6.45, 7) is 8.00. The average molecular weight is 489 g/mol. The fraction of sp³-hybridized carbons (Fsp3) is 0.364. The van der Waals surface area contributed by atoms with E-state index in [-0.39, 0.29) is 47.6 Å². The van der Waals surface area contributed by atoms with Crippen LogP contribution in [0.1, 0.15) is 63.3 Å². The Balaban J connectivity index is -0.0000000461. The fourth-order valence-electron chi connectivity index (χ4n) is 1.16. The van der Waals surface area contributed by atoms with Crippen LogP contribution in [-0.4, -0.2) is 46.6 Å². The Labute approximate surface area is 202 Å². The predicted molar refractivity (Wildman–Crippen MR) is 119 cm³/mol. The molecule has 0 unspecified atom stereocenters. The second-order valence-corrected chi connectivity index (χ2v) is 3.34. The molecular weight excluding hydrogens is 449 g/mol. The summed E-state index contributed by atoms with van der Waals surface area (Å²) in [5.41, 5.74) is 0.662. The Morgan fingerprint density at radius 2 is 0.724 bits per heavy atom. The van der Waals surface area contributed by atoms with E-state index in [2.05, 4.69) is 0 Å². The van der Waals surface area contributed by atoms with Crippen LogP contribution in [0.3, 0.4) is 0 Å². The molecule has 7 heteroatoms. The summed E-state index contributed by atoms with van der Waals surface area (Å²) >= 11 is 0. The van der Waals surface area contributed by atoms with Gasteiger partial charge in [0.2, 0.25) is 0 Å². The average Bonchev–Trinajstić information content (AvgIpc) is 2.75. The fourth-order valence-corrected chi connectivity index (χ4v) is 1.16. The first kappa shape index (κ1) is 45.9. The topological polar surface area (TPSA) is 115 Å². The third-order valence-corrected chi connectivity index (χ3v) is 2.04. The van der Waals surface area contributed by atoms with E-state index in [0.717, 1.165) is 14.2 Å². The molecule has 0 bridgehead atoms. The SMILES string of the molecule is C.C.CC.CC.CO.CO.O=C(O)c1ccccc1.O=C(O)c1ccccc1.[Y]. The van der Waals surface area contributed by atoms with Crippen LogP contribution in [0.25, 0.3) is 0 Å². The van der Waals surface area contributed by atoms with Crippen LogP contribution in [0.15, 0.2) is 60.7 Å². The third kappa shape index (κ3) is 31.3. The van der Waals surface area contributed by atoms with Gasteiger partial charge in [0.25, 0.3) is 0 Å². The van der Waals surface area contributed by atoms with Crippen LogP contribution in [0.2, 0.25) is 0 Å². The van der Waals surface area contributed by atoms with E-state index >= 15 is 0 Å². The number of hydrogen-bond acceptors (Lipinski definition) is 4. The van der Waals surface area contributed by atoms with E-state index < -0.39 is 11.9 Å². The van der Waals surface area contributed by atoms with Crippen molar-refractivity contribution in [1.29, 1.82) is 0 Å². The molecular formula is C22H40O6Y. The maximum absolute atomic E-state index is 10.2. The maximum Gasteiger partial charge on any atom is 0.335 e. The van der Waals surface area contributed by atoms with Crippen LogP contribution < -0.4 is 0 Å². The molecule has 167 valence electrons. The molecule has 0 saturated heterocycles. The normalized spacial score (nSPS) is 6.34. The van der Waals surface area contributed by atoms with E-state index in [1.165, 1.54) is 0 Å². The number of carbonyl (C=O) groups is 2. The van der Waals surface area contributed by atoms with Gasteiger partial charge in [-0.1, -0.05) is 78.9 Å². The van der Waals surface area contributed by atoms with E-state index in [1.807, 2.05) is 27.7 Å². The van der Waals surface area contributed by atoms with Crippen molar-refractivity contribution in [3.8, 4) is 0 Å². The maximum atomic E-state index is 10.2. The van der Waals surface area contributed by atoms with Gasteiger partial charge in [0.1, 0.15) is 0 Å². The number of carboxylic acid groups (broad SMARTS) is 2. The first-order valence-corrected chi connectivity index (χ1v) is 8.07. The van der Waals surface area contributed by atoms with E-state index in [4.69, 9.17) is 20.4 Å². The van der Waals surface area contributed by atoms with E-state index in [9.17, 15) is 9.59 Å². The van der Waals surface area contributed by atoms with Crippen molar-refractivity contribution >= 4 is 11.9 Å². The zero-order chi connectivity index (χ0) is 21.4. The first-order chi connectivity index (χ1) is 12.6. The zero-order valence-corrected chi connectivity index (χ0v) is 19.8. The molecule has 0 aliphatic heterocycles. The molecule has 29 heavy (non-hydrogen) atoms. The van der Waals surface area contributed by atoms with Gasteiger partial charge in [-0.25, -0.2) is 9.59 Å². The van der Waals surface area contributed by atoms with Crippen LogP contribution in [0, 0.1) is 0 Å². The molecule has 2 rings (SSSR count). The van der Waals surface area contributed by atoms with Gasteiger partial charge in [-0.2, -0.15) is 0 Å². The van der Waals surface area contributed by atoms with Crippen molar-refractivity contribution in [2.75, 3.05) is 14.2 Å². The Morgan fingerprint density at radius 3 is 0.828 bits per heavy atom. The molecule has 4 N–H and O–H groups in total. The minimum atomic E-state index is -0.879. The largest absolute Gasteiger partial charge is 0.478 e. The Hall–Kier alpha value is -1.60. The van der Waals surface area contributed by atoms with Gasteiger partial charge >= 0.3 is 11.9 Å². The summed E-state index contributed by atoms with van der Waals surface area (Å²) in [5.74, 6) is -1.76. The molecule has 6 nitrogen and oxygen atoms in total. The number of hydrogen-bond donors (Lipinski definition) is 4. The van der Waals surface area contributed by atoms with Gasteiger partial charge in [0, 0.05) is 46.9 Å². The van der Waals surface area contributed by atoms with E-state index in [1.54, 1.807) is 60.7 Å². The second-order valence-electron chi connectivity index (χ2n) is 3.34.